The molecule has 0 fully saturated rings. The van der Waals surface area contributed by atoms with Crippen molar-refractivity contribution in [1.29, 1.82) is 0 Å². The van der Waals surface area contributed by atoms with Gasteiger partial charge in [0.15, 0.2) is 8.24 Å². The summed E-state index contributed by atoms with van der Waals surface area (Å²) in [5, 5.41) is 0. The van der Waals surface area contributed by atoms with Crippen molar-refractivity contribution in [1.82, 2.24) is 0 Å². The Balaban J connectivity index is 3.07. The first-order chi connectivity index (χ1) is 10.5. The number of rotatable bonds is 10. The molecule has 0 aliphatic heterocycles. The average Bonchev–Trinajstić information content (AvgIpc) is 2.59. The normalized spacial score (nSPS) is 12.5. The zero-order valence-electron chi connectivity index (χ0n) is 14.9. The lowest BCUT2D eigenvalue weighted by Crippen LogP contribution is -2.56. The third-order valence-corrected chi connectivity index (χ3v) is 12.4. The van der Waals surface area contributed by atoms with Crippen molar-refractivity contribution in [2.45, 2.75) is 45.5 Å². The molecule has 0 aliphatic rings. The first-order valence-electron chi connectivity index (χ1n) is 8.07. The van der Waals surface area contributed by atoms with Gasteiger partial charge in [-0.05, 0) is 30.3 Å². The highest BCUT2D eigenvalue weighted by atomic mass is 28.4. The van der Waals surface area contributed by atoms with Crippen molar-refractivity contribution in [3.8, 4) is 0 Å². The molecule has 22 heavy (non-hydrogen) atoms. The van der Waals surface area contributed by atoms with E-state index in [1.54, 1.807) is 14.2 Å². The fourth-order valence-electron chi connectivity index (χ4n) is 2.80. The minimum absolute atomic E-state index is 0.538. The van der Waals surface area contributed by atoms with Crippen LogP contribution in [0.15, 0.2) is 30.3 Å². The largest absolute Gasteiger partial charge is 0.498 e. The van der Waals surface area contributed by atoms with Crippen LogP contribution in [0.2, 0.25) is 24.7 Å². The van der Waals surface area contributed by atoms with E-state index in [0.29, 0.717) is 6.73 Å². The number of hydrogen-bond acceptors (Lipinski definition) is 4. The molecule has 1 rings (SSSR count). The molecule has 0 aromatic heterocycles. The number of benzene rings is 1. The molecule has 0 aliphatic carbocycles. The molecule has 0 heterocycles. The van der Waals surface area contributed by atoms with Gasteiger partial charge in [-0.1, -0.05) is 39.0 Å². The summed E-state index contributed by atoms with van der Waals surface area (Å²) < 4.78 is 19.5. The predicted molar refractivity (Wildman–Crippen MR) is 97.7 cm³/mol. The Morgan fingerprint density at radius 3 is 1.82 bits per heavy atom. The van der Waals surface area contributed by atoms with Crippen molar-refractivity contribution in [2.24, 2.45) is 0 Å². The Labute approximate surface area is 137 Å². The van der Waals surface area contributed by atoms with Crippen molar-refractivity contribution in [3.05, 3.63) is 30.3 Å². The van der Waals surface area contributed by atoms with E-state index in [1.165, 1.54) is 23.8 Å². The van der Waals surface area contributed by atoms with Crippen LogP contribution in [0.4, 0.5) is 5.69 Å². The van der Waals surface area contributed by atoms with Gasteiger partial charge in [-0.3, -0.25) is 0 Å². The second-order valence-corrected chi connectivity index (χ2v) is 13.5. The van der Waals surface area contributed by atoms with Crippen LogP contribution >= 0.6 is 0 Å². The highest BCUT2D eigenvalue weighted by Crippen LogP contribution is 2.30. The molecule has 126 valence electrons. The van der Waals surface area contributed by atoms with E-state index >= 15 is 0 Å². The van der Waals surface area contributed by atoms with Crippen molar-refractivity contribution < 1.29 is 13.3 Å². The summed E-state index contributed by atoms with van der Waals surface area (Å²) in [6.45, 7) is 9.38. The summed E-state index contributed by atoms with van der Waals surface area (Å²) in [7, 11) is -0.804. The average molecular weight is 342 g/mol. The summed E-state index contributed by atoms with van der Waals surface area (Å²) in [5.74, 6) is 0. The summed E-state index contributed by atoms with van der Waals surface area (Å²) >= 11 is 0. The van der Waals surface area contributed by atoms with Gasteiger partial charge in [0.1, 0.15) is 6.73 Å². The maximum Gasteiger partial charge on any atom is 0.498 e. The van der Waals surface area contributed by atoms with Crippen LogP contribution in [0.5, 0.6) is 0 Å². The quantitative estimate of drug-likeness (QED) is 0.468. The van der Waals surface area contributed by atoms with Gasteiger partial charge in [0, 0.05) is 26.5 Å². The zero-order valence-corrected chi connectivity index (χ0v) is 16.9. The van der Waals surface area contributed by atoms with Gasteiger partial charge in [0.2, 0.25) is 0 Å². The predicted octanol–water partition coefficient (Wildman–Crippen LogP) is 4.33. The number of anilines is 1. The third-order valence-electron chi connectivity index (χ3n) is 4.81. The smallest absolute Gasteiger partial charge is 0.377 e. The maximum absolute atomic E-state index is 6.11. The summed E-state index contributed by atoms with van der Waals surface area (Å²) in [4.78, 5) is 0. The Kier molecular flexibility index (Phi) is 7.78. The molecule has 0 radical (unpaired) electrons. The van der Waals surface area contributed by atoms with E-state index in [-0.39, 0.29) is 0 Å². The molecule has 6 heteroatoms. The van der Waals surface area contributed by atoms with Crippen LogP contribution in [0.1, 0.15) is 20.8 Å². The van der Waals surface area contributed by atoms with Crippen molar-refractivity contribution in [3.63, 3.8) is 0 Å². The Bertz CT molecular complexity index is 414. The highest BCUT2D eigenvalue weighted by Gasteiger charge is 2.38. The van der Waals surface area contributed by atoms with E-state index < -0.39 is 17.0 Å². The lowest BCUT2D eigenvalue weighted by atomic mass is 10.3. The van der Waals surface area contributed by atoms with Gasteiger partial charge in [-0.15, -0.1) is 0 Å². The molecule has 0 amide bonds. The van der Waals surface area contributed by atoms with Gasteiger partial charge < -0.3 is 17.8 Å². The van der Waals surface area contributed by atoms with Crippen LogP contribution < -0.4 is 4.57 Å². The molecule has 1 aromatic carbocycles. The molecular formula is C16H31NO3Si2. The van der Waals surface area contributed by atoms with Crippen molar-refractivity contribution >= 4 is 22.7 Å². The lowest BCUT2D eigenvalue weighted by Gasteiger charge is -2.43. The fraction of sp³-hybridized carbons (Fsp3) is 0.625. The minimum atomic E-state index is -2.53. The van der Waals surface area contributed by atoms with Crippen LogP contribution in [-0.4, -0.2) is 38.0 Å². The van der Waals surface area contributed by atoms with E-state index in [9.17, 15) is 0 Å². The highest BCUT2D eigenvalue weighted by molar-refractivity contribution is 6.83. The maximum atomic E-state index is 6.11. The second kappa shape index (κ2) is 8.83. The third kappa shape index (κ3) is 4.42. The molecular weight excluding hydrogens is 310 g/mol. The van der Waals surface area contributed by atoms with E-state index in [1.807, 2.05) is 6.55 Å². The Morgan fingerprint density at radius 2 is 1.41 bits per heavy atom. The number of para-hydroxylation sites is 1. The second-order valence-electron chi connectivity index (χ2n) is 5.59. The molecule has 4 nitrogen and oxygen atoms in total. The van der Waals surface area contributed by atoms with Crippen LogP contribution in [-0.2, 0) is 13.3 Å². The van der Waals surface area contributed by atoms with Gasteiger partial charge in [0.05, 0.1) is 0 Å². The van der Waals surface area contributed by atoms with E-state index in [2.05, 4.69) is 55.7 Å². The van der Waals surface area contributed by atoms with Crippen molar-refractivity contribution in [2.75, 3.05) is 25.5 Å². The molecule has 0 atom stereocenters. The SMILES string of the molecule is CC[Si](CC)(CC)N(CO[Si](C)(OC)OC)c1ccccc1. The lowest BCUT2D eigenvalue weighted by molar-refractivity contribution is 0.109. The summed E-state index contributed by atoms with van der Waals surface area (Å²) in [6, 6.07) is 14.2. The fourth-order valence-corrected chi connectivity index (χ4v) is 7.37. The van der Waals surface area contributed by atoms with E-state index in [4.69, 9.17) is 13.3 Å². The summed E-state index contributed by atoms with van der Waals surface area (Å²) in [5.41, 5.74) is 1.24. The van der Waals surface area contributed by atoms with Gasteiger partial charge in [-0.2, -0.15) is 0 Å². The van der Waals surface area contributed by atoms with E-state index in [0.717, 1.165) is 0 Å². The van der Waals surface area contributed by atoms with Gasteiger partial charge in [-0.25, -0.2) is 0 Å². The molecule has 0 saturated carbocycles. The summed E-state index contributed by atoms with van der Waals surface area (Å²) in [6.07, 6.45) is 0. The number of nitrogens with zero attached hydrogens (tertiary/aromatic N) is 1. The van der Waals surface area contributed by atoms with Crippen LogP contribution in [0, 0.1) is 0 Å². The minimum Gasteiger partial charge on any atom is -0.377 e. The van der Waals surface area contributed by atoms with Crippen LogP contribution in [0.25, 0.3) is 0 Å². The van der Waals surface area contributed by atoms with Crippen LogP contribution in [0.3, 0.4) is 0 Å². The van der Waals surface area contributed by atoms with Gasteiger partial charge >= 0.3 is 8.80 Å². The van der Waals surface area contributed by atoms with Gasteiger partial charge in [0.25, 0.3) is 0 Å². The molecule has 1 aromatic rings. The monoisotopic (exact) mass is 341 g/mol. The molecule has 0 bridgehead atoms. The molecule has 0 saturated heterocycles. The topological polar surface area (TPSA) is 30.9 Å². The first kappa shape index (κ1) is 19.4. The Morgan fingerprint density at radius 1 is 0.909 bits per heavy atom. The molecule has 0 unspecified atom stereocenters. The standard InChI is InChI=1S/C16H31NO3Si2/c1-7-22(8-2,9-3)17(16-13-11-10-12-14-16)15-20-21(6,18-4)19-5/h10-14H,7-9,15H2,1-6H3. The Hall–Kier alpha value is -0.666. The molecule has 0 spiro atoms. The zero-order chi connectivity index (χ0) is 16.6. The molecule has 0 N–H and O–H groups in total. The first-order valence-corrected chi connectivity index (χ1v) is 12.9. The number of hydrogen-bond donors (Lipinski definition) is 0.